The van der Waals surface area contributed by atoms with Crippen LogP contribution in [-0.2, 0) is 9.59 Å². The molecule has 1 aromatic rings. The van der Waals surface area contributed by atoms with E-state index in [0.29, 0.717) is 5.76 Å². The number of thiocarbonyl (C=S) groups is 1. The van der Waals surface area contributed by atoms with Crippen LogP contribution in [0.4, 0.5) is 0 Å². The van der Waals surface area contributed by atoms with Crippen molar-refractivity contribution >= 4 is 35.2 Å². The van der Waals surface area contributed by atoms with Crippen LogP contribution in [0.2, 0.25) is 0 Å². The summed E-state index contributed by atoms with van der Waals surface area (Å²) in [6.45, 7) is 0. The Morgan fingerprint density at radius 2 is 1.84 bits per heavy atom. The molecule has 1 saturated heterocycles. The van der Waals surface area contributed by atoms with E-state index in [1.54, 1.807) is 30.5 Å². The molecular formula is C13H12N2O3S. The summed E-state index contributed by atoms with van der Waals surface area (Å²) < 4.78 is 5.11. The van der Waals surface area contributed by atoms with E-state index >= 15 is 0 Å². The van der Waals surface area contributed by atoms with E-state index in [2.05, 4.69) is 0 Å². The van der Waals surface area contributed by atoms with Gasteiger partial charge in [-0.2, -0.15) is 0 Å². The molecule has 0 atom stereocenters. The van der Waals surface area contributed by atoms with Crippen molar-refractivity contribution in [1.29, 1.82) is 0 Å². The highest BCUT2D eigenvalue weighted by atomic mass is 32.1. The maximum Gasteiger partial charge on any atom is 0.265 e. The number of hydrogen-bond acceptors (Lipinski definition) is 4. The smallest absolute Gasteiger partial charge is 0.265 e. The molecule has 2 amide bonds. The highest BCUT2D eigenvalue weighted by Gasteiger charge is 2.34. The van der Waals surface area contributed by atoms with E-state index in [1.165, 1.54) is 30.0 Å². The molecule has 0 radical (unpaired) electrons. The molecule has 1 fully saturated rings. The van der Waals surface area contributed by atoms with Crippen molar-refractivity contribution in [2.45, 2.75) is 0 Å². The summed E-state index contributed by atoms with van der Waals surface area (Å²) in [5, 5.41) is 0.196. The molecule has 98 valence electrons. The third-order valence-corrected chi connectivity index (χ3v) is 3.26. The molecule has 0 aromatic carbocycles. The molecule has 6 heteroatoms. The summed E-state index contributed by atoms with van der Waals surface area (Å²) in [5.74, 6) is -0.167. The number of rotatable bonds is 2. The van der Waals surface area contributed by atoms with E-state index < -0.39 is 11.8 Å². The fraction of sp³-hybridized carbons (Fsp3) is 0.154. The lowest BCUT2D eigenvalue weighted by atomic mass is 10.1. The lowest BCUT2D eigenvalue weighted by Gasteiger charge is -2.31. The van der Waals surface area contributed by atoms with Gasteiger partial charge in [0.2, 0.25) is 0 Å². The molecule has 1 aliphatic rings. The lowest BCUT2D eigenvalue weighted by Crippen LogP contribution is -2.52. The van der Waals surface area contributed by atoms with Gasteiger partial charge in [0, 0.05) is 14.1 Å². The number of carbonyl (C=O) groups is 2. The summed E-state index contributed by atoms with van der Waals surface area (Å²) in [6.07, 6.45) is 6.27. The molecule has 0 saturated carbocycles. The summed E-state index contributed by atoms with van der Waals surface area (Å²) in [7, 11) is 3.08. The average Bonchev–Trinajstić information content (AvgIpc) is 2.91. The first-order valence-corrected chi connectivity index (χ1v) is 5.95. The van der Waals surface area contributed by atoms with Gasteiger partial charge in [0.25, 0.3) is 11.8 Å². The van der Waals surface area contributed by atoms with Gasteiger partial charge in [-0.25, -0.2) is 0 Å². The number of allylic oxidation sites excluding steroid dienone is 2. The highest BCUT2D eigenvalue weighted by molar-refractivity contribution is 7.80. The normalized spacial score (nSPS) is 16.7. The van der Waals surface area contributed by atoms with Crippen LogP contribution in [0.15, 0.2) is 40.5 Å². The maximum atomic E-state index is 11.9. The first kappa shape index (κ1) is 13.2. The fourth-order valence-corrected chi connectivity index (χ4v) is 1.79. The molecule has 5 nitrogen and oxygen atoms in total. The van der Waals surface area contributed by atoms with E-state index in [1.807, 2.05) is 0 Å². The van der Waals surface area contributed by atoms with Gasteiger partial charge >= 0.3 is 0 Å². The summed E-state index contributed by atoms with van der Waals surface area (Å²) in [6, 6.07) is 3.52. The average molecular weight is 276 g/mol. The number of hydrogen-bond donors (Lipinski definition) is 0. The zero-order chi connectivity index (χ0) is 14.0. The van der Waals surface area contributed by atoms with Crippen molar-refractivity contribution < 1.29 is 14.0 Å². The summed E-state index contributed by atoms with van der Waals surface area (Å²) >= 11 is 4.99. The standard InChI is InChI=1S/C13H12N2O3S/c1-14-11(16)10(12(17)15(2)13(14)19)7-3-5-9-6-4-8-18-9/h3-8H,1-2H3. The minimum absolute atomic E-state index is 0.0707. The molecule has 0 bridgehead atoms. The Morgan fingerprint density at radius 1 is 1.21 bits per heavy atom. The monoisotopic (exact) mass is 276 g/mol. The number of amides is 2. The Labute approximate surface area is 115 Å². The van der Waals surface area contributed by atoms with Gasteiger partial charge in [-0.05, 0) is 36.5 Å². The second kappa shape index (κ2) is 5.19. The molecule has 0 N–H and O–H groups in total. The Kier molecular flexibility index (Phi) is 3.62. The number of furan rings is 1. The number of carbonyl (C=O) groups excluding carboxylic acids is 2. The van der Waals surface area contributed by atoms with E-state index in [0.717, 1.165) is 0 Å². The predicted octanol–water partition coefficient (Wildman–Crippen LogP) is 1.43. The van der Waals surface area contributed by atoms with E-state index in [9.17, 15) is 9.59 Å². The first-order chi connectivity index (χ1) is 9.02. The van der Waals surface area contributed by atoms with Crippen LogP contribution >= 0.6 is 12.2 Å². The second-order valence-corrected chi connectivity index (χ2v) is 4.33. The van der Waals surface area contributed by atoms with Crippen LogP contribution in [0.25, 0.3) is 6.08 Å². The van der Waals surface area contributed by atoms with E-state index in [4.69, 9.17) is 16.6 Å². The molecule has 0 unspecified atom stereocenters. The van der Waals surface area contributed by atoms with Crippen LogP contribution in [0.3, 0.4) is 0 Å². The minimum atomic E-state index is -0.405. The third kappa shape index (κ3) is 2.48. The Bertz CT molecular complexity index is 561. The van der Waals surface area contributed by atoms with Crippen molar-refractivity contribution in [3.63, 3.8) is 0 Å². The zero-order valence-electron chi connectivity index (χ0n) is 10.5. The maximum absolute atomic E-state index is 11.9. The number of nitrogens with zero attached hydrogens (tertiary/aromatic N) is 2. The van der Waals surface area contributed by atoms with Crippen molar-refractivity contribution in [2.24, 2.45) is 0 Å². The molecule has 0 spiro atoms. The molecule has 1 aliphatic heterocycles. The van der Waals surface area contributed by atoms with Crippen LogP contribution in [-0.4, -0.2) is 40.8 Å². The third-order valence-electron chi connectivity index (χ3n) is 2.71. The van der Waals surface area contributed by atoms with Gasteiger partial charge < -0.3 is 4.42 Å². The molecule has 1 aromatic heterocycles. The summed E-state index contributed by atoms with van der Waals surface area (Å²) in [5.41, 5.74) is 0.0707. The Hall–Kier alpha value is -2.21. The second-order valence-electron chi connectivity index (χ2n) is 3.97. The van der Waals surface area contributed by atoms with E-state index in [-0.39, 0.29) is 10.7 Å². The minimum Gasteiger partial charge on any atom is -0.465 e. The van der Waals surface area contributed by atoms with Crippen LogP contribution in [0.5, 0.6) is 0 Å². The highest BCUT2D eigenvalue weighted by Crippen LogP contribution is 2.15. The molecule has 2 rings (SSSR count). The Balaban J connectivity index is 2.25. The van der Waals surface area contributed by atoms with Crippen molar-refractivity contribution in [1.82, 2.24) is 9.80 Å². The SMILES string of the molecule is CN1C(=O)C(=CC=Cc2ccco2)C(=O)N(C)C1=S. The molecule has 19 heavy (non-hydrogen) atoms. The predicted molar refractivity (Wildman–Crippen MR) is 74.0 cm³/mol. The summed E-state index contributed by atoms with van der Waals surface area (Å²) in [4.78, 5) is 26.4. The quantitative estimate of drug-likeness (QED) is 0.466. The molecule has 2 heterocycles. The lowest BCUT2D eigenvalue weighted by molar-refractivity contribution is -0.132. The largest absolute Gasteiger partial charge is 0.465 e. The van der Waals surface area contributed by atoms with Gasteiger partial charge in [-0.1, -0.05) is 6.08 Å². The number of likely N-dealkylation sites (N-methyl/N-ethyl adjacent to an activating group) is 2. The Morgan fingerprint density at radius 3 is 2.37 bits per heavy atom. The van der Waals surface area contributed by atoms with Gasteiger partial charge in [-0.15, -0.1) is 0 Å². The topological polar surface area (TPSA) is 53.8 Å². The van der Waals surface area contributed by atoms with Gasteiger partial charge in [0.15, 0.2) is 5.11 Å². The van der Waals surface area contributed by atoms with Gasteiger partial charge in [0.05, 0.1) is 6.26 Å². The zero-order valence-corrected chi connectivity index (χ0v) is 11.3. The van der Waals surface area contributed by atoms with Crippen LogP contribution in [0, 0.1) is 0 Å². The molecule has 0 aliphatic carbocycles. The van der Waals surface area contributed by atoms with Crippen molar-refractivity contribution in [2.75, 3.05) is 14.1 Å². The van der Waals surface area contributed by atoms with Crippen LogP contribution < -0.4 is 0 Å². The fourth-order valence-electron chi connectivity index (χ4n) is 1.62. The van der Waals surface area contributed by atoms with Crippen molar-refractivity contribution in [3.05, 3.63) is 41.9 Å². The van der Waals surface area contributed by atoms with Crippen LogP contribution in [0.1, 0.15) is 5.76 Å². The molecular weight excluding hydrogens is 264 g/mol. The van der Waals surface area contributed by atoms with Crippen molar-refractivity contribution in [3.8, 4) is 0 Å². The van der Waals surface area contributed by atoms with Gasteiger partial charge in [0.1, 0.15) is 11.3 Å². The first-order valence-electron chi connectivity index (χ1n) is 5.54. The van der Waals surface area contributed by atoms with Gasteiger partial charge in [-0.3, -0.25) is 19.4 Å².